The lowest BCUT2D eigenvalue weighted by Gasteiger charge is -2.47. The van der Waals surface area contributed by atoms with Crippen LogP contribution >= 0.6 is 11.6 Å². The number of fused-ring (bicyclic) bond motifs is 2. The second-order valence-electron chi connectivity index (χ2n) is 27.1. The summed E-state index contributed by atoms with van der Waals surface area (Å²) in [5, 5.41) is 16.1. The first-order valence-electron chi connectivity index (χ1n) is 31.5. The average Bonchev–Trinajstić information content (AvgIpc) is 1.21. The number of benzene rings is 3. The van der Waals surface area contributed by atoms with Crippen LogP contribution in [0.25, 0.3) is 32.9 Å². The third-order valence-corrected chi connectivity index (χ3v) is 26.9. The van der Waals surface area contributed by atoms with E-state index in [0.717, 1.165) is 87.7 Å². The van der Waals surface area contributed by atoms with Crippen molar-refractivity contribution in [2.75, 3.05) is 102 Å². The number of piperazine rings is 1. The highest BCUT2D eigenvalue weighted by Crippen LogP contribution is 2.49. The van der Waals surface area contributed by atoms with E-state index in [-0.39, 0.29) is 59.6 Å². The molecule has 11 rings (SSSR count). The molecule has 0 radical (unpaired) electrons. The van der Waals surface area contributed by atoms with Gasteiger partial charge in [-0.05, 0) is 141 Å². The van der Waals surface area contributed by atoms with Crippen LogP contribution in [0.1, 0.15) is 135 Å². The Morgan fingerprint density at radius 3 is 2.27 bits per heavy atom. The van der Waals surface area contributed by atoms with E-state index in [1.807, 2.05) is 47.1 Å². The van der Waals surface area contributed by atoms with Gasteiger partial charge in [0.05, 0.1) is 28.3 Å². The van der Waals surface area contributed by atoms with Gasteiger partial charge in [0.1, 0.15) is 30.9 Å². The number of carbonyl (C=O) groups excluding carboxylic acids is 3. The number of aromatic nitrogens is 3. The van der Waals surface area contributed by atoms with Crippen LogP contribution in [0.4, 0.5) is 20.7 Å². The van der Waals surface area contributed by atoms with E-state index in [1.165, 1.54) is 30.6 Å². The van der Waals surface area contributed by atoms with Crippen molar-refractivity contribution in [1.29, 1.82) is 0 Å². The highest BCUT2D eigenvalue weighted by molar-refractivity contribution is 6.90. The Morgan fingerprint density at radius 2 is 1.59 bits per heavy atom. The second-order valence-corrected chi connectivity index (χ2v) is 33.1. The maximum Gasteiger partial charge on any atom is 0.328 e. The molecule has 6 heterocycles. The Hall–Kier alpha value is -5.94. The molecule has 6 fully saturated rings. The fraction of sp³-hybridized carbons (Fsp3) is 0.582. The summed E-state index contributed by atoms with van der Waals surface area (Å²) >= 11 is 6.49. The van der Waals surface area contributed by atoms with Crippen LogP contribution in [0.3, 0.4) is 0 Å². The van der Waals surface area contributed by atoms with E-state index in [0.29, 0.717) is 101 Å². The minimum atomic E-state index is -2.14. The van der Waals surface area contributed by atoms with Crippen LogP contribution in [0.5, 0.6) is 11.8 Å². The number of nitrogens with one attached hydrogen (secondary N) is 1. The van der Waals surface area contributed by atoms with Gasteiger partial charge >= 0.3 is 12.0 Å². The first-order chi connectivity index (χ1) is 41.2. The third-order valence-electron chi connectivity index (χ3n) is 20.3. The van der Waals surface area contributed by atoms with Gasteiger partial charge in [0.15, 0.2) is 12.6 Å². The molecule has 1 atom stereocenters. The van der Waals surface area contributed by atoms with Crippen molar-refractivity contribution in [2.24, 2.45) is 16.7 Å². The molecule has 86 heavy (non-hydrogen) atoms. The quantitative estimate of drug-likeness (QED) is 0.0514. The Morgan fingerprint density at radius 1 is 0.872 bits per heavy atom. The SMILES string of the molecule is COCOc1cc(-c2ncc3c(N4CCC[C@@](C)(O)C4)nc(OCC4(CN5CCN(CC6CCC7(CC6)CCN(C(=O)c6ccc(Cl)c(N8CCC(=O)NC8=O)c6)CC7)CC5)CC4)nc3c2F)c2c(C#C[Si](C(C)C)(C(C)C)C(C)C)cccc2c1. The van der Waals surface area contributed by atoms with Crippen molar-refractivity contribution < 1.29 is 38.1 Å². The van der Waals surface area contributed by atoms with Crippen molar-refractivity contribution in [3.63, 3.8) is 0 Å². The monoisotopic (exact) mass is 1210 g/mol. The molecule has 2 aliphatic carbocycles. The largest absolute Gasteiger partial charge is 0.468 e. The number of nitrogens with zero attached hydrogens (tertiary/aromatic N) is 8. The van der Waals surface area contributed by atoms with Crippen LogP contribution in [0.2, 0.25) is 21.6 Å². The number of methoxy groups -OCH3 is 1. The number of piperidine rings is 2. The molecule has 0 bridgehead atoms. The number of carbonyl (C=O) groups is 3. The molecule has 4 saturated heterocycles. The van der Waals surface area contributed by atoms with Crippen molar-refractivity contribution in [3.05, 3.63) is 76.7 Å². The molecule has 460 valence electrons. The molecule has 6 aliphatic rings. The minimum Gasteiger partial charge on any atom is -0.468 e. The van der Waals surface area contributed by atoms with Gasteiger partial charge in [0.2, 0.25) is 5.91 Å². The van der Waals surface area contributed by atoms with E-state index < -0.39 is 25.5 Å². The molecule has 4 amide bonds. The average molecular weight is 1210 g/mol. The summed E-state index contributed by atoms with van der Waals surface area (Å²) in [4.78, 5) is 63.6. The highest BCUT2D eigenvalue weighted by Gasteiger charge is 2.47. The van der Waals surface area contributed by atoms with Gasteiger partial charge < -0.3 is 38.9 Å². The number of aliphatic hydroxyl groups is 1. The highest BCUT2D eigenvalue weighted by atomic mass is 35.5. The first-order valence-corrected chi connectivity index (χ1v) is 34.1. The topological polar surface area (TPSA) is 166 Å². The molecule has 5 aromatic rings. The summed E-state index contributed by atoms with van der Waals surface area (Å²) in [7, 11) is -0.571. The van der Waals surface area contributed by atoms with Crippen molar-refractivity contribution in [3.8, 4) is 34.5 Å². The Kier molecular flexibility index (Phi) is 18.1. The summed E-state index contributed by atoms with van der Waals surface area (Å²) < 4.78 is 36.0. The van der Waals surface area contributed by atoms with E-state index >= 15 is 4.39 Å². The summed E-state index contributed by atoms with van der Waals surface area (Å²) in [6.45, 7) is 24.7. The normalized spacial score (nSPS) is 21.4. The van der Waals surface area contributed by atoms with Crippen LogP contribution in [-0.2, 0) is 9.53 Å². The molecule has 19 heteroatoms. The van der Waals surface area contributed by atoms with Crippen LogP contribution < -0.4 is 24.6 Å². The smallest absolute Gasteiger partial charge is 0.328 e. The number of anilines is 2. The maximum absolute atomic E-state index is 18.0. The van der Waals surface area contributed by atoms with E-state index in [4.69, 9.17) is 40.8 Å². The lowest BCUT2D eigenvalue weighted by molar-refractivity contribution is -0.120. The molecule has 2 N–H and O–H groups in total. The summed E-state index contributed by atoms with van der Waals surface area (Å²) in [6.07, 6.45) is 12.1. The number of β-amino-alcohol motifs (C(OH)–C–C–N with tert-alkyl or cyclic N) is 1. The molecule has 16 nitrogen and oxygen atoms in total. The maximum atomic E-state index is 18.0. The number of amides is 4. The number of imide groups is 1. The number of hydrogen-bond donors (Lipinski definition) is 2. The number of urea groups is 1. The van der Waals surface area contributed by atoms with Crippen molar-refractivity contribution >= 4 is 70.7 Å². The summed E-state index contributed by atoms with van der Waals surface area (Å²) in [6, 6.07) is 14.5. The standard InChI is InChI=1S/C67H87ClFN9O7Si/c1-44(2)86(45(3)4,46(5)6)34-18-48-11-9-12-49-35-51(85-43-83-8)37-52(57(48)49)59-58(69)60-53(38-70-59)61(77-26-10-19-65(7,82)40-77)73-63(72-60)84-42-67(22-23-67)41-75-32-30-74(31-33-75)39-47-15-20-66(21-16-47)24-28-76(29-25-66)62(80)50-13-14-54(68)55(36-50)78-27-17-56(79)71-64(78)81/h9,11-14,35-38,44-47,82H,10,15-17,19-33,39-43H2,1-8H3,(H,71,79,81)/t65-/m1/s1. The van der Waals surface area contributed by atoms with Crippen molar-refractivity contribution in [2.45, 2.75) is 141 Å². The molecule has 2 aromatic heterocycles. The Bertz CT molecular complexity index is 3390. The summed E-state index contributed by atoms with van der Waals surface area (Å²) in [5.74, 6) is 4.38. The second kappa shape index (κ2) is 25.3. The molecular weight excluding hydrogens is 1130 g/mol. The van der Waals surface area contributed by atoms with E-state index in [9.17, 15) is 19.5 Å². The molecule has 4 aliphatic heterocycles. The zero-order valence-electron chi connectivity index (χ0n) is 51.7. The zero-order valence-corrected chi connectivity index (χ0v) is 53.5. The number of rotatable bonds is 17. The summed E-state index contributed by atoms with van der Waals surface area (Å²) in [5.41, 5.74) is 6.97. The van der Waals surface area contributed by atoms with Crippen molar-refractivity contribution in [1.82, 2.24) is 35.0 Å². The van der Waals surface area contributed by atoms with Crippen LogP contribution in [0, 0.1) is 34.0 Å². The van der Waals surface area contributed by atoms with Gasteiger partial charge in [-0.25, -0.2) is 9.18 Å². The lowest BCUT2D eigenvalue weighted by Crippen LogP contribution is -2.50. The Balaban J connectivity index is 0.745. The lowest BCUT2D eigenvalue weighted by atomic mass is 9.65. The van der Waals surface area contributed by atoms with Gasteiger partial charge in [0, 0.05) is 119 Å². The zero-order chi connectivity index (χ0) is 60.7. The van der Waals surface area contributed by atoms with Gasteiger partial charge in [-0.3, -0.25) is 24.8 Å². The minimum absolute atomic E-state index is 0.0164. The number of halogens is 2. The van der Waals surface area contributed by atoms with E-state index in [1.54, 1.807) is 31.5 Å². The van der Waals surface area contributed by atoms with Crippen LogP contribution in [-0.4, -0.2) is 159 Å². The number of hydrogen-bond acceptors (Lipinski definition) is 13. The fourth-order valence-corrected chi connectivity index (χ4v) is 20.6. The van der Waals surface area contributed by atoms with Gasteiger partial charge in [-0.1, -0.05) is 71.2 Å². The predicted octanol–water partition coefficient (Wildman–Crippen LogP) is 11.9. The molecule has 0 unspecified atom stereocenters. The van der Waals surface area contributed by atoms with Gasteiger partial charge in [-0.15, -0.1) is 5.54 Å². The van der Waals surface area contributed by atoms with E-state index in [2.05, 4.69) is 68.1 Å². The van der Waals surface area contributed by atoms with Gasteiger partial charge in [-0.2, -0.15) is 9.97 Å². The Labute approximate surface area is 512 Å². The van der Waals surface area contributed by atoms with Crippen LogP contribution in [0.15, 0.2) is 54.7 Å². The molecule has 3 aromatic carbocycles. The number of pyridine rings is 1. The number of likely N-dealkylation sites (tertiary alicyclic amines) is 1. The molecule has 2 saturated carbocycles. The fourth-order valence-electron chi connectivity index (χ4n) is 15.1. The molecule has 1 spiro atoms. The predicted molar refractivity (Wildman–Crippen MR) is 339 cm³/mol. The van der Waals surface area contributed by atoms with Gasteiger partial charge in [0.25, 0.3) is 5.91 Å². The first kappa shape index (κ1) is 61.7. The number of ether oxygens (including phenoxy) is 3. The molecular formula is C67H87ClFN9O7Si. The third kappa shape index (κ3) is 13.0.